The summed E-state index contributed by atoms with van der Waals surface area (Å²) in [7, 11) is 0. The second-order valence-corrected chi connectivity index (χ2v) is 6.70. The number of pyridine rings is 1. The van der Waals surface area contributed by atoms with Crippen molar-refractivity contribution in [3.63, 3.8) is 0 Å². The smallest absolute Gasteiger partial charge is 0.222 e. The molecule has 1 saturated heterocycles. The highest BCUT2D eigenvalue weighted by Gasteiger charge is 2.22. The Hall–Kier alpha value is -2.21. The third-order valence-corrected chi connectivity index (χ3v) is 4.79. The molecule has 6 nitrogen and oxygen atoms in total. The standard InChI is InChI=1S/C19H28N6/c1-3-4-7-17-15(2)22-19(20)23-18(17)25-11-9-24(10-12-25)14-16-6-5-8-21-13-16/h5-6,8,13H,3-4,7,9-12,14H2,1-2H3,(H2,20,22,23). The molecule has 2 aromatic rings. The first-order valence-electron chi connectivity index (χ1n) is 9.16. The molecule has 1 aliphatic rings. The molecule has 0 saturated carbocycles. The van der Waals surface area contributed by atoms with E-state index in [2.05, 4.69) is 37.7 Å². The maximum Gasteiger partial charge on any atom is 0.222 e. The molecule has 0 amide bonds. The molecule has 0 unspecified atom stereocenters. The number of aromatic nitrogens is 3. The van der Waals surface area contributed by atoms with Crippen LogP contribution in [0.3, 0.4) is 0 Å². The maximum atomic E-state index is 5.93. The summed E-state index contributed by atoms with van der Waals surface area (Å²) in [6.07, 6.45) is 7.11. The lowest BCUT2D eigenvalue weighted by atomic mass is 10.1. The van der Waals surface area contributed by atoms with Gasteiger partial charge in [-0.1, -0.05) is 19.4 Å². The average molecular weight is 340 g/mol. The van der Waals surface area contributed by atoms with Gasteiger partial charge in [0.1, 0.15) is 5.82 Å². The molecular formula is C19H28N6. The van der Waals surface area contributed by atoms with Gasteiger partial charge < -0.3 is 10.6 Å². The molecule has 0 bridgehead atoms. The van der Waals surface area contributed by atoms with E-state index in [0.717, 1.165) is 57.1 Å². The van der Waals surface area contributed by atoms with Gasteiger partial charge in [-0.3, -0.25) is 9.88 Å². The minimum atomic E-state index is 0.380. The Kier molecular flexibility index (Phi) is 5.81. The van der Waals surface area contributed by atoms with E-state index in [1.54, 1.807) is 0 Å². The van der Waals surface area contributed by atoms with E-state index < -0.39 is 0 Å². The van der Waals surface area contributed by atoms with Gasteiger partial charge in [0.05, 0.1) is 0 Å². The van der Waals surface area contributed by atoms with Crippen molar-refractivity contribution in [2.75, 3.05) is 36.8 Å². The molecule has 0 aliphatic carbocycles. The molecule has 134 valence electrons. The van der Waals surface area contributed by atoms with Gasteiger partial charge in [-0.2, -0.15) is 4.98 Å². The number of piperazine rings is 1. The van der Waals surface area contributed by atoms with Crippen LogP contribution in [-0.4, -0.2) is 46.0 Å². The fourth-order valence-corrected chi connectivity index (χ4v) is 3.38. The zero-order valence-electron chi connectivity index (χ0n) is 15.3. The SMILES string of the molecule is CCCCc1c(C)nc(N)nc1N1CCN(Cc2cccnc2)CC1. The van der Waals surface area contributed by atoms with Gasteiger partial charge >= 0.3 is 0 Å². The highest BCUT2D eigenvalue weighted by molar-refractivity contribution is 5.52. The lowest BCUT2D eigenvalue weighted by Gasteiger charge is -2.36. The van der Waals surface area contributed by atoms with Crippen molar-refractivity contribution in [2.24, 2.45) is 0 Å². The van der Waals surface area contributed by atoms with Crippen LogP contribution in [0.4, 0.5) is 11.8 Å². The summed E-state index contributed by atoms with van der Waals surface area (Å²) < 4.78 is 0. The number of hydrogen-bond acceptors (Lipinski definition) is 6. The molecule has 0 radical (unpaired) electrons. The Morgan fingerprint density at radius 1 is 1.16 bits per heavy atom. The van der Waals surface area contributed by atoms with Crippen LogP contribution in [0.25, 0.3) is 0 Å². The number of nitrogens with zero attached hydrogens (tertiary/aromatic N) is 5. The summed E-state index contributed by atoms with van der Waals surface area (Å²) in [5, 5.41) is 0. The first kappa shape index (κ1) is 17.6. The summed E-state index contributed by atoms with van der Waals surface area (Å²) in [5.74, 6) is 1.42. The van der Waals surface area contributed by atoms with E-state index in [9.17, 15) is 0 Å². The van der Waals surface area contributed by atoms with Crippen LogP contribution in [0.2, 0.25) is 0 Å². The Morgan fingerprint density at radius 2 is 1.96 bits per heavy atom. The van der Waals surface area contributed by atoms with Crippen LogP contribution in [0.5, 0.6) is 0 Å². The molecule has 3 rings (SSSR count). The number of anilines is 2. The van der Waals surface area contributed by atoms with E-state index in [4.69, 9.17) is 5.73 Å². The van der Waals surface area contributed by atoms with Crippen molar-refractivity contribution < 1.29 is 0 Å². The van der Waals surface area contributed by atoms with Gasteiger partial charge in [-0.25, -0.2) is 4.98 Å². The van der Waals surface area contributed by atoms with Crippen molar-refractivity contribution in [2.45, 2.75) is 39.7 Å². The average Bonchev–Trinajstić information content (AvgIpc) is 2.62. The largest absolute Gasteiger partial charge is 0.368 e. The quantitative estimate of drug-likeness (QED) is 0.871. The molecule has 0 spiro atoms. The number of unbranched alkanes of at least 4 members (excludes halogenated alkanes) is 1. The number of aryl methyl sites for hydroxylation is 1. The molecule has 3 heterocycles. The van der Waals surface area contributed by atoms with Gasteiger partial charge in [0.2, 0.25) is 5.95 Å². The lowest BCUT2D eigenvalue weighted by Crippen LogP contribution is -2.46. The molecule has 1 fully saturated rings. The Balaban J connectivity index is 1.68. The molecule has 1 aliphatic heterocycles. The minimum absolute atomic E-state index is 0.380. The van der Waals surface area contributed by atoms with Crippen molar-refractivity contribution >= 4 is 11.8 Å². The summed E-state index contributed by atoms with van der Waals surface area (Å²) in [6.45, 7) is 9.19. The van der Waals surface area contributed by atoms with Crippen LogP contribution in [-0.2, 0) is 13.0 Å². The van der Waals surface area contributed by atoms with Gasteiger partial charge in [-0.15, -0.1) is 0 Å². The van der Waals surface area contributed by atoms with Crippen molar-refractivity contribution in [1.29, 1.82) is 0 Å². The van der Waals surface area contributed by atoms with Crippen LogP contribution in [0, 0.1) is 6.92 Å². The zero-order valence-corrected chi connectivity index (χ0v) is 15.3. The van der Waals surface area contributed by atoms with Crippen molar-refractivity contribution in [3.8, 4) is 0 Å². The second kappa shape index (κ2) is 8.25. The van der Waals surface area contributed by atoms with E-state index in [1.807, 2.05) is 25.4 Å². The van der Waals surface area contributed by atoms with Crippen LogP contribution >= 0.6 is 0 Å². The normalized spacial score (nSPS) is 15.5. The zero-order chi connectivity index (χ0) is 17.6. The summed E-state index contributed by atoms with van der Waals surface area (Å²) in [6, 6.07) is 4.13. The first-order chi connectivity index (χ1) is 12.2. The van der Waals surface area contributed by atoms with E-state index in [0.29, 0.717) is 5.95 Å². The second-order valence-electron chi connectivity index (χ2n) is 6.70. The van der Waals surface area contributed by atoms with Gasteiger partial charge in [0.25, 0.3) is 0 Å². The molecular weight excluding hydrogens is 312 g/mol. The van der Waals surface area contributed by atoms with Gasteiger partial charge in [-0.05, 0) is 31.4 Å². The molecule has 0 aromatic carbocycles. The summed E-state index contributed by atoms with van der Waals surface area (Å²) in [5.41, 5.74) is 9.48. The van der Waals surface area contributed by atoms with Crippen LogP contribution in [0.15, 0.2) is 24.5 Å². The highest BCUT2D eigenvalue weighted by Crippen LogP contribution is 2.25. The Labute approximate surface area is 150 Å². The lowest BCUT2D eigenvalue weighted by molar-refractivity contribution is 0.249. The highest BCUT2D eigenvalue weighted by atomic mass is 15.3. The van der Waals surface area contributed by atoms with Gasteiger partial charge in [0, 0.05) is 56.4 Å². The molecule has 25 heavy (non-hydrogen) atoms. The molecule has 6 heteroatoms. The van der Waals surface area contributed by atoms with E-state index in [-0.39, 0.29) is 0 Å². The fraction of sp³-hybridized carbons (Fsp3) is 0.526. The molecule has 2 aromatic heterocycles. The maximum absolute atomic E-state index is 5.93. The van der Waals surface area contributed by atoms with E-state index >= 15 is 0 Å². The topological polar surface area (TPSA) is 71.2 Å². The number of hydrogen-bond donors (Lipinski definition) is 1. The van der Waals surface area contributed by atoms with Crippen molar-refractivity contribution in [3.05, 3.63) is 41.3 Å². The predicted octanol–water partition coefficient (Wildman–Crippen LogP) is 2.43. The third kappa shape index (κ3) is 4.45. The van der Waals surface area contributed by atoms with E-state index in [1.165, 1.54) is 17.5 Å². The minimum Gasteiger partial charge on any atom is -0.368 e. The number of nitrogen functional groups attached to an aromatic ring is 1. The summed E-state index contributed by atoms with van der Waals surface area (Å²) >= 11 is 0. The van der Waals surface area contributed by atoms with Crippen LogP contribution in [0.1, 0.15) is 36.6 Å². The first-order valence-corrected chi connectivity index (χ1v) is 9.16. The fourth-order valence-electron chi connectivity index (χ4n) is 3.38. The summed E-state index contributed by atoms with van der Waals surface area (Å²) in [4.78, 5) is 18.0. The number of nitrogens with two attached hydrogens (primary N) is 1. The van der Waals surface area contributed by atoms with Crippen LogP contribution < -0.4 is 10.6 Å². The van der Waals surface area contributed by atoms with Crippen molar-refractivity contribution in [1.82, 2.24) is 19.9 Å². The number of rotatable bonds is 6. The Morgan fingerprint density at radius 3 is 2.64 bits per heavy atom. The Bertz CT molecular complexity index is 680. The molecule has 0 atom stereocenters. The monoisotopic (exact) mass is 340 g/mol. The molecule has 2 N–H and O–H groups in total. The third-order valence-electron chi connectivity index (χ3n) is 4.79. The van der Waals surface area contributed by atoms with Gasteiger partial charge in [0.15, 0.2) is 0 Å². The predicted molar refractivity (Wildman–Crippen MR) is 102 cm³/mol.